The van der Waals surface area contributed by atoms with Crippen LogP contribution in [-0.4, -0.2) is 58.5 Å². The van der Waals surface area contributed by atoms with Crippen LogP contribution < -0.4 is 23.7 Å². The molecule has 0 aliphatic carbocycles. The molecule has 0 fully saturated rings. The first kappa shape index (κ1) is 42.5. The van der Waals surface area contributed by atoms with Crippen molar-refractivity contribution in [1.82, 2.24) is 0 Å². The Labute approximate surface area is 393 Å². The second-order valence-corrected chi connectivity index (χ2v) is 16.9. The summed E-state index contributed by atoms with van der Waals surface area (Å²) in [5, 5.41) is 40.1. The zero-order valence-corrected chi connectivity index (χ0v) is 36.9. The lowest BCUT2D eigenvalue weighted by molar-refractivity contribution is 0.0213. The van der Waals surface area contributed by atoms with Crippen molar-refractivity contribution >= 4 is 93.5 Å². The number of carboxylic acids is 1. The third-order valence-corrected chi connectivity index (χ3v) is 13.3. The number of methoxy groups -OCH3 is 2. The molecule has 4 heterocycles. The highest BCUT2D eigenvalue weighted by Gasteiger charge is 2.58. The minimum Gasteiger partial charge on any atom is -0.505 e. The fourth-order valence-electron chi connectivity index (χ4n) is 8.46. The van der Waals surface area contributed by atoms with E-state index >= 15 is 0 Å². The molecular formula is C44H20Cl6O15. The number of carboxylic acid groups (broad SMARTS) is 1. The Balaban J connectivity index is 1.11. The highest BCUT2D eigenvalue weighted by atomic mass is 35.5. The maximum Gasteiger partial charge on any atom is 0.343 e. The van der Waals surface area contributed by atoms with E-state index in [9.17, 15) is 39.6 Å². The van der Waals surface area contributed by atoms with Crippen LogP contribution >= 0.6 is 69.6 Å². The Bertz CT molecular complexity index is 3220. The molecule has 4 N–H and O–H groups in total. The van der Waals surface area contributed by atoms with Gasteiger partial charge in [0.1, 0.15) is 20.1 Å². The fraction of sp³-hybridized carbons (Fsp3) is 0.0909. The molecule has 1 unspecified atom stereocenters. The lowest BCUT2D eigenvalue weighted by Gasteiger charge is -2.38. The normalized spacial score (nSPS) is 16.5. The van der Waals surface area contributed by atoms with Crippen LogP contribution in [0.1, 0.15) is 74.8 Å². The zero-order valence-electron chi connectivity index (χ0n) is 32.3. The lowest BCUT2D eigenvalue weighted by atomic mass is 9.77. The molecule has 0 amide bonds. The molecule has 65 heavy (non-hydrogen) atoms. The van der Waals surface area contributed by atoms with Gasteiger partial charge >= 0.3 is 23.9 Å². The summed E-state index contributed by atoms with van der Waals surface area (Å²) in [6.45, 7) is 0. The van der Waals surface area contributed by atoms with Crippen LogP contribution in [0.15, 0.2) is 60.7 Å². The molecule has 0 saturated carbocycles. The summed E-state index contributed by atoms with van der Waals surface area (Å²) in [6.07, 6.45) is 0. The van der Waals surface area contributed by atoms with Gasteiger partial charge < -0.3 is 53.6 Å². The molecule has 0 bridgehead atoms. The predicted octanol–water partition coefficient (Wildman–Crippen LogP) is 10.8. The minimum absolute atomic E-state index is 0.00224. The third kappa shape index (κ3) is 5.63. The Kier molecular flexibility index (Phi) is 9.49. The number of aromatic carboxylic acids is 1. The number of phenols is 3. The van der Waals surface area contributed by atoms with Gasteiger partial charge in [0.2, 0.25) is 0 Å². The molecule has 4 aliphatic heterocycles. The van der Waals surface area contributed by atoms with E-state index in [0.717, 1.165) is 0 Å². The van der Waals surface area contributed by atoms with E-state index in [0.29, 0.717) is 0 Å². The summed E-state index contributed by atoms with van der Waals surface area (Å²) in [6, 6.07) is 12.7. The number of hydrogen-bond acceptors (Lipinski definition) is 14. The molecule has 10 rings (SSSR count). The van der Waals surface area contributed by atoms with Crippen LogP contribution in [0.5, 0.6) is 57.5 Å². The Morgan fingerprint density at radius 1 is 0.538 bits per heavy atom. The van der Waals surface area contributed by atoms with Crippen molar-refractivity contribution in [3.8, 4) is 57.5 Å². The van der Waals surface area contributed by atoms with Crippen LogP contribution in [0.3, 0.4) is 0 Å². The number of aromatic hydroxyl groups is 3. The van der Waals surface area contributed by atoms with Crippen LogP contribution in [-0.2, 0) is 20.7 Å². The summed E-state index contributed by atoms with van der Waals surface area (Å²) in [5.41, 5.74) is -4.51. The molecule has 0 aromatic heterocycles. The maximum absolute atomic E-state index is 14.2. The maximum atomic E-state index is 14.2. The van der Waals surface area contributed by atoms with Gasteiger partial charge in [0, 0.05) is 11.1 Å². The van der Waals surface area contributed by atoms with Crippen LogP contribution in [0.25, 0.3) is 0 Å². The summed E-state index contributed by atoms with van der Waals surface area (Å²) in [4.78, 5) is 54.0. The number of carbonyl (C=O) groups is 4. The van der Waals surface area contributed by atoms with E-state index < -0.39 is 68.1 Å². The van der Waals surface area contributed by atoms with E-state index in [2.05, 4.69) is 0 Å². The van der Waals surface area contributed by atoms with Crippen molar-refractivity contribution in [2.24, 2.45) is 0 Å². The molecule has 4 aliphatic rings. The largest absolute Gasteiger partial charge is 0.505 e. The minimum atomic E-state index is -2.07. The SMILES string of the molecule is COc1cc2c(c(Cl)c1O)Oc1c(cc(OC)c(OC(=O)c3ccc4c(c3)C(=O)OC43c4cc(Cl)c(O)c(Cl)c4Oc4c3cc(Cl)c(O)c4Cl)c1Cl)C21OC(=O)c2ccc(C(=O)O)cc21. The van der Waals surface area contributed by atoms with Gasteiger partial charge in [-0.15, -0.1) is 0 Å². The quantitative estimate of drug-likeness (QED) is 0.0934. The number of fused-ring (bicyclic) bond motifs is 12. The van der Waals surface area contributed by atoms with Crippen LogP contribution in [0, 0.1) is 0 Å². The van der Waals surface area contributed by atoms with Gasteiger partial charge in [-0.05, 0) is 54.6 Å². The van der Waals surface area contributed by atoms with E-state index in [1.54, 1.807) is 0 Å². The smallest absolute Gasteiger partial charge is 0.343 e. The first-order valence-electron chi connectivity index (χ1n) is 18.4. The van der Waals surface area contributed by atoms with E-state index in [4.69, 9.17) is 103 Å². The van der Waals surface area contributed by atoms with Crippen LogP contribution in [0.4, 0.5) is 0 Å². The number of esters is 3. The first-order chi connectivity index (χ1) is 30.9. The van der Waals surface area contributed by atoms with Gasteiger partial charge in [0.05, 0.1) is 68.8 Å². The molecule has 6 aromatic rings. The third-order valence-electron chi connectivity index (χ3n) is 11.4. The molecule has 1 atom stereocenters. The second-order valence-electron chi connectivity index (χ2n) is 14.6. The molecule has 6 aromatic carbocycles. The topological polar surface area (TPSA) is 214 Å². The van der Waals surface area contributed by atoms with Gasteiger partial charge in [-0.3, -0.25) is 0 Å². The van der Waals surface area contributed by atoms with Crippen molar-refractivity contribution in [2.45, 2.75) is 11.2 Å². The molecule has 0 radical (unpaired) electrons. The van der Waals surface area contributed by atoms with Crippen molar-refractivity contribution < 1.29 is 72.8 Å². The van der Waals surface area contributed by atoms with Gasteiger partial charge in [-0.2, -0.15) is 0 Å². The number of phenolic OH excluding ortho intramolecular Hbond substituents is 3. The Morgan fingerprint density at radius 2 is 1.02 bits per heavy atom. The summed E-state index contributed by atoms with van der Waals surface area (Å²) < 4.78 is 41.3. The summed E-state index contributed by atoms with van der Waals surface area (Å²) in [5.74, 6) is -7.79. The van der Waals surface area contributed by atoms with Crippen molar-refractivity contribution in [3.05, 3.63) is 146 Å². The average molecular weight is 1000 g/mol. The molecule has 328 valence electrons. The number of carbonyl (C=O) groups excluding carboxylic acids is 3. The van der Waals surface area contributed by atoms with Crippen molar-refractivity contribution in [1.29, 1.82) is 0 Å². The Hall–Kier alpha value is -6.46. The molecule has 21 heteroatoms. The predicted molar refractivity (Wildman–Crippen MR) is 229 cm³/mol. The van der Waals surface area contributed by atoms with E-state index in [-0.39, 0.29) is 110 Å². The number of ether oxygens (including phenoxy) is 7. The second kappa shape index (κ2) is 14.5. The van der Waals surface area contributed by atoms with E-state index in [1.165, 1.54) is 74.9 Å². The lowest BCUT2D eigenvalue weighted by Crippen LogP contribution is -2.33. The van der Waals surface area contributed by atoms with Gasteiger partial charge in [0.25, 0.3) is 0 Å². The van der Waals surface area contributed by atoms with Crippen LogP contribution in [0.2, 0.25) is 30.1 Å². The number of benzene rings is 6. The average Bonchev–Trinajstić information content (AvgIpc) is 3.75. The van der Waals surface area contributed by atoms with Crippen molar-refractivity contribution in [2.75, 3.05) is 14.2 Å². The number of hydrogen-bond donors (Lipinski definition) is 4. The highest BCUT2D eigenvalue weighted by Crippen LogP contribution is 2.65. The molecule has 15 nitrogen and oxygen atoms in total. The van der Waals surface area contributed by atoms with Gasteiger partial charge in [-0.25, -0.2) is 19.2 Å². The summed E-state index contributed by atoms with van der Waals surface area (Å²) in [7, 11) is 2.47. The summed E-state index contributed by atoms with van der Waals surface area (Å²) >= 11 is 39.4. The molecule has 2 spiro atoms. The van der Waals surface area contributed by atoms with Gasteiger partial charge in [0.15, 0.2) is 68.7 Å². The fourth-order valence-corrected chi connectivity index (χ4v) is 9.95. The standard InChI is InChI=1S/C44H20Cl6O15/c1-59-25-11-21-36(29(49)33(25)53)62-37-22(44(21)18-8-13(39(54)55)3-5-15(18)41(57)64-44)12-26(60-2)38(30(37)50)63-40(56)14-4-6-17-16(7-14)42(58)65-43(17)19-9-23(45)31(51)27(47)34(19)61-35-20(43)10-24(46)32(52)28(35)48/h3-12,51-53H,1-2H3,(H,54,55). The van der Waals surface area contributed by atoms with Crippen molar-refractivity contribution in [3.63, 3.8) is 0 Å². The molecule has 0 saturated heterocycles. The number of halogens is 6. The Morgan fingerprint density at radius 3 is 1.57 bits per heavy atom. The highest BCUT2D eigenvalue weighted by molar-refractivity contribution is 6.40. The monoisotopic (exact) mass is 998 g/mol. The van der Waals surface area contributed by atoms with Gasteiger partial charge in [-0.1, -0.05) is 75.7 Å². The first-order valence-corrected chi connectivity index (χ1v) is 20.7. The zero-order chi connectivity index (χ0) is 46.3. The molecular weight excluding hydrogens is 981 g/mol. The van der Waals surface area contributed by atoms with E-state index in [1.807, 2.05) is 0 Å². The number of rotatable bonds is 5.